The Labute approximate surface area is 109 Å². The van der Waals surface area contributed by atoms with E-state index in [0.717, 1.165) is 17.7 Å². The van der Waals surface area contributed by atoms with Gasteiger partial charge in [0.25, 0.3) is 0 Å². The van der Waals surface area contributed by atoms with Crippen molar-refractivity contribution in [2.45, 2.75) is 6.92 Å². The van der Waals surface area contributed by atoms with Gasteiger partial charge in [-0.2, -0.15) is 0 Å². The van der Waals surface area contributed by atoms with Crippen LogP contribution < -0.4 is 4.90 Å². The van der Waals surface area contributed by atoms with Gasteiger partial charge in [-0.15, -0.1) is 0 Å². The van der Waals surface area contributed by atoms with Gasteiger partial charge in [0.2, 0.25) is 0 Å². The highest BCUT2D eigenvalue weighted by Gasteiger charge is 2.02. The highest BCUT2D eigenvalue weighted by atomic mass is 15.1. The third kappa shape index (κ3) is 2.93. The molecule has 2 rings (SSSR count). The fourth-order valence-corrected chi connectivity index (χ4v) is 1.74. The molecule has 2 aromatic carbocycles. The molecule has 0 atom stereocenters. The molecule has 1 nitrogen and oxygen atoms in total. The van der Waals surface area contributed by atoms with Crippen molar-refractivity contribution < 1.29 is 0 Å². The summed E-state index contributed by atoms with van der Waals surface area (Å²) in [6.07, 6.45) is 0. The molecule has 0 spiro atoms. The van der Waals surface area contributed by atoms with E-state index in [1.165, 1.54) is 5.69 Å². The van der Waals surface area contributed by atoms with Gasteiger partial charge in [0.05, 0.1) is 5.69 Å². The molecule has 2 aromatic rings. The summed E-state index contributed by atoms with van der Waals surface area (Å²) in [5.41, 5.74) is 3.31. The van der Waals surface area contributed by atoms with Crippen molar-refractivity contribution in [2.75, 3.05) is 18.5 Å². The van der Waals surface area contributed by atoms with E-state index in [2.05, 4.69) is 48.9 Å². The van der Waals surface area contributed by atoms with Crippen LogP contribution in [0.1, 0.15) is 18.1 Å². The Hall–Kier alpha value is -2.20. The molecular formula is C17H17N. The lowest BCUT2D eigenvalue weighted by Crippen LogP contribution is -2.16. The molecule has 0 aromatic heterocycles. The van der Waals surface area contributed by atoms with Gasteiger partial charge in [0, 0.05) is 24.7 Å². The van der Waals surface area contributed by atoms with Gasteiger partial charge in [-0.25, -0.2) is 0 Å². The largest absolute Gasteiger partial charge is 0.374 e. The summed E-state index contributed by atoms with van der Waals surface area (Å²) in [4.78, 5) is 2.20. The Morgan fingerprint density at radius 3 is 2.28 bits per heavy atom. The highest BCUT2D eigenvalue weighted by Crippen LogP contribution is 2.17. The first-order chi connectivity index (χ1) is 8.81. The molecule has 90 valence electrons. The zero-order valence-corrected chi connectivity index (χ0v) is 10.9. The first kappa shape index (κ1) is 12.3. The Morgan fingerprint density at radius 1 is 0.889 bits per heavy atom. The number of rotatable bonds is 2. The third-order valence-electron chi connectivity index (χ3n) is 2.90. The molecule has 0 bridgehead atoms. The number of para-hydroxylation sites is 1. The normalized spacial score (nSPS) is 9.44. The minimum Gasteiger partial charge on any atom is -0.374 e. The maximum absolute atomic E-state index is 3.25. The second kappa shape index (κ2) is 5.93. The van der Waals surface area contributed by atoms with Crippen LogP contribution in [-0.4, -0.2) is 13.6 Å². The van der Waals surface area contributed by atoms with Crippen molar-refractivity contribution in [3.05, 3.63) is 65.7 Å². The second-order valence-corrected chi connectivity index (χ2v) is 4.15. The molecule has 1 heteroatoms. The van der Waals surface area contributed by atoms with E-state index in [0.29, 0.717) is 0 Å². The standard InChI is InChI=1S/C17H17N/c1-3-18(2)17-12-8-7-11-16(17)14-13-15-9-5-4-6-10-15/h4-12H,3H2,1-2H3. The van der Waals surface area contributed by atoms with Crippen LogP contribution in [0.2, 0.25) is 0 Å². The maximum Gasteiger partial charge on any atom is 0.0522 e. The molecule has 0 N–H and O–H groups in total. The minimum atomic E-state index is 0.976. The van der Waals surface area contributed by atoms with Crippen LogP contribution in [-0.2, 0) is 0 Å². The fourth-order valence-electron chi connectivity index (χ4n) is 1.74. The van der Waals surface area contributed by atoms with Crippen LogP contribution in [0.25, 0.3) is 0 Å². The minimum absolute atomic E-state index is 0.976. The molecule has 0 saturated carbocycles. The van der Waals surface area contributed by atoms with Crippen molar-refractivity contribution in [1.29, 1.82) is 0 Å². The van der Waals surface area contributed by atoms with Crippen molar-refractivity contribution in [3.8, 4) is 11.8 Å². The van der Waals surface area contributed by atoms with Crippen LogP contribution >= 0.6 is 0 Å². The summed E-state index contributed by atoms with van der Waals surface area (Å²) in [7, 11) is 2.09. The molecule has 0 aliphatic rings. The van der Waals surface area contributed by atoms with Crippen molar-refractivity contribution >= 4 is 5.69 Å². The number of nitrogens with zero attached hydrogens (tertiary/aromatic N) is 1. The summed E-state index contributed by atoms with van der Waals surface area (Å²) in [6, 6.07) is 18.3. The van der Waals surface area contributed by atoms with Crippen LogP contribution in [0, 0.1) is 11.8 Å². The van der Waals surface area contributed by atoms with E-state index in [-0.39, 0.29) is 0 Å². The first-order valence-electron chi connectivity index (χ1n) is 6.18. The average molecular weight is 235 g/mol. The van der Waals surface area contributed by atoms with Gasteiger partial charge in [0.1, 0.15) is 0 Å². The number of hydrogen-bond acceptors (Lipinski definition) is 1. The van der Waals surface area contributed by atoms with E-state index in [1.54, 1.807) is 0 Å². The molecule has 0 unspecified atom stereocenters. The first-order valence-corrected chi connectivity index (χ1v) is 6.18. The van der Waals surface area contributed by atoms with Gasteiger partial charge in [-0.05, 0) is 31.2 Å². The summed E-state index contributed by atoms with van der Waals surface area (Å²) in [6.45, 7) is 3.12. The maximum atomic E-state index is 3.25. The topological polar surface area (TPSA) is 3.24 Å². The summed E-state index contributed by atoms with van der Waals surface area (Å²) >= 11 is 0. The molecule has 0 radical (unpaired) electrons. The quantitative estimate of drug-likeness (QED) is 0.720. The number of benzene rings is 2. The van der Waals surface area contributed by atoms with E-state index in [1.807, 2.05) is 36.4 Å². The zero-order chi connectivity index (χ0) is 12.8. The van der Waals surface area contributed by atoms with E-state index in [9.17, 15) is 0 Å². The van der Waals surface area contributed by atoms with Crippen LogP contribution in [0.3, 0.4) is 0 Å². The molecule has 0 aliphatic carbocycles. The van der Waals surface area contributed by atoms with Gasteiger partial charge < -0.3 is 4.90 Å². The summed E-state index contributed by atoms with van der Waals surface area (Å²) < 4.78 is 0. The Kier molecular flexibility index (Phi) is 4.04. The molecule has 0 aliphatic heterocycles. The predicted molar refractivity (Wildman–Crippen MR) is 77.8 cm³/mol. The van der Waals surface area contributed by atoms with Crippen molar-refractivity contribution in [2.24, 2.45) is 0 Å². The molecule has 18 heavy (non-hydrogen) atoms. The SMILES string of the molecule is CCN(C)c1ccccc1C#Cc1ccccc1. The van der Waals surface area contributed by atoms with E-state index in [4.69, 9.17) is 0 Å². The average Bonchev–Trinajstić information content (AvgIpc) is 2.45. The van der Waals surface area contributed by atoms with Gasteiger partial charge >= 0.3 is 0 Å². The van der Waals surface area contributed by atoms with Crippen LogP contribution in [0.15, 0.2) is 54.6 Å². The van der Waals surface area contributed by atoms with Gasteiger partial charge in [0.15, 0.2) is 0 Å². The molecular weight excluding hydrogens is 218 g/mol. The smallest absolute Gasteiger partial charge is 0.0522 e. The van der Waals surface area contributed by atoms with E-state index >= 15 is 0 Å². The second-order valence-electron chi connectivity index (χ2n) is 4.15. The molecule has 0 fully saturated rings. The van der Waals surface area contributed by atoms with E-state index < -0.39 is 0 Å². The summed E-state index contributed by atoms with van der Waals surface area (Å²) in [5, 5.41) is 0. The Bertz CT molecular complexity index is 561. The monoisotopic (exact) mass is 235 g/mol. The lowest BCUT2D eigenvalue weighted by atomic mass is 10.1. The number of hydrogen-bond donors (Lipinski definition) is 0. The third-order valence-corrected chi connectivity index (χ3v) is 2.90. The van der Waals surface area contributed by atoms with Crippen LogP contribution in [0.4, 0.5) is 5.69 Å². The van der Waals surface area contributed by atoms with Crippen LogP contribution in [0.5, 0.6) is 0 Å². The Morgan fingerprint density at radius 2 is 1.56 bits per heavy atom. The number of anilines is 1. The van der Waals surface area contributed by atoms with Gasteiger partial charge in [-0.3, -0.25) is 0 Å². The van der Waals surface area contributed by atoms with Crippen molar-refractivity contribution in [1.82, 2.24) is 0 Å². The summed E-state index contributed by atoms with van der Waals surface area (Å²) in [5.74, 6) is 6.46. The van der Waals surface area contributed by atoms with Gasteiger partial charge in [-0.1, -0.05) is 42.2 Å². The van der Waals surface area contributed by atoms with Crippen molar-refractivity contribution in [3.63, 3.8) is 0 Å². The predicted octanol–water partition coefficient (Wildman–Crippen LogP) is 3.54. The highest BCUT2D eigenvalue weighted by molar-refractivity contribution is 5.61. The lowest BCUT2D eigenvalue weighted by Gasteiger charge is -2.18. The fraction of sp³-hybridized carbons (Fsp3) is 0.176. The molecule has 0 heterocycles. The zero-order valence-electron chi connectivity index (χ0n) is 10.9. The lowest BCUT2D eigenvalue weighted by molar-refractivity contribution is 0.966. The molecule has 0 saturated heterocycles. The Balaban J connectivity index is 2.33. The molecule has 0 amide bonds.